The molecule has 0 bridgehead atoms. The summed E-state index contributed by atoms with van der Waals surface area (Å²) in [5.41, 5.74) is 1.52. The second kappa shape index (κ2) is 4.32. The topological polar surface area (TPSA) is 34.4 Å². The molecule has 1 aliphatic carbocycles. The molecule has 1 aromatic rings. The van der Waals surface area contributed by atoms with Gasteiger partial charge in [-0.1, -0.05) is 0 Å². The number of aromatic nitrogens is 1. The van der Waals surface area contributed by atoms with Crippen LogP contribution in [-0.4, -0.2) is 9.73 Å². The van der Waals surface area contributed by atoms with E-state index in [-0.39, 0.29) is 11.6 Å². The van der Waals surface area contributed by atoms with Gasteiger partial charge in [0.2, 0.25) is 0 Å². The molecule has 1 heterocycles. The predicted molar refractivity (Wildman–Crippen MR) is 67.7 cm³/mol. The third kappa shape index (κ3) is 2.13. The lowest BCUT2D eigenvalue weighted by atomic mass is 10.1. The number of thiocarbonyl (C=S) groups is 1. The molecule has 1 fully saturated rings. The Labute approximate surface area is 99.8 Å². The van der Waals surface area contributed by atoms with Crippen LogP contribution in [-0.2, 0) is 0 Å². The molecule has 0 atom stereocenters. The average molecular weight is 234 g/mol. The molecule has 1 aromatic heterocycles. The smallest absolute Gasteiger partial charge is 0.277 e. The maximum atomic E-state index is 12.0. The summed E-state index contributed by atoms with van der Waals surface area (Å²) in [5.74, 6) is 0.602. The first-order valence-corrected chi connectivity index (χ1v) is 5.88. The van der Waals surface area contributed by atoms with Crippen LogP contribution in [0.4, 0.5) is 5.69 Å². The van der Waals surface area contributed by atoms with Crippen molar-refractivity contribution < 1.29 is 0 Å². The molecule has 0 spiro atoms. The number of hydrogen-bond acceptors (Lipinski definition) is 3. The molecule has 0 amide bonds. The SMILES string of the molecule is CC(C)n1cc(C2CC2)cc(N=C=S)c1=O. The molecule has 1 saturated carbocycles. The molecule has 16 heavy (non-hydrogen) atoms. The molecular formula is C12H14N2OS. The standard InChI is InChI=1S/C12H14N2OS/c1-8(2)14-6-10(9-3-4-9)5-11(12(14)15)13-7-16/h5-6,8-9H,3-4H2,1-2H3. The molecule has 0 radical (unpaired) electrons. The van der Waals surface area contributed by atoms with Crippen LogP contribution >= 0.6 is 12.2 Å². The predicted octanol–water partition coefficient (Wildman–Crippen LogP) is 3.04. The maximum Gasteiger partial charge on any atom is 0.277 e. The van der Waals surface area contributed by atoms with Crippen LogP contribution in [0.1, 0.15) is 44.2 Å². The molecule has 4 heteroatoms. The van der Waals surface area contributed by atoms with Crippen LogP contribution in [0.5, 0.6) is 0 Å². The molecule has 0 unspecified atom stereocenters. The number of nitrogens with zero attached hydrogens (tertiary/aromatic N) is 2. The summed E-state index contributed by atoms with van der Waals surface area (Å²) < 4.78 is 1.72. The Morgan fingerprint density at radius 1 is 1.56 bits per heavy atom. The Morgan fingerprint density at radius 2 is 2.25 bits per heavy atom. The van der Waals surface area contributed by atoms with E-state index in [4.69, 9.17) is 0 Å². The molecule has 3 nitrogen and oxygen atoms in total. The van der Waals surface area contributed by atoms with Crippen LogP contribution in [0, 0.1) is 0 Å². The van der Waals surface area contributed by atoms with E-state index in [1.54, 1.807) is 4.57 Å². The maximum absolute atomic E-state index is 12.0. The van der Waals surface area contributed by atoms with Crippen LogP contribution in [0.25, 0.3) is 0 Å². The normalized spacial score (nSPS) is 14.9. The number of hydrogen-bond donors (Lipinski definition) is 0. The Hall–Kier alpha value is -1.25. The van der Waals surface area contributed by atoms with Gasteiger partial charge in [0, 0.05) is 12.2 Å². The quantitative estimate of drug-likeness (QED) is 0.595. The largest absolute Gasteiger partial charge is 0.311 e. The highest BCUT2D eigenvalue weighted by Gasteiger charge is 2.25. The van der Waals surface area contributed by atoms with Gasteiger partial charge in [-0.25, -0.2) is 0 Å². The Kier molecular flexibility index (Phi) is 3.03. The zero-order valence-electron chi connectivity index (χ0n) is 9.43. The third-order valence-corrected chi connectivity index (χ3v) is 2.91. The number of aliphatic imine (C=N–C) groups is 1. The van der Waals surface area contributed by atoms with E-state index >= 15 is 0 Å². The average Bonchev–Trinajstić information content (AvgIpc) is 3.04. The fourth-order valence-corrected chi connectivity index (χ4v) is 1.86. The van der Waals surface area contributed by atoms with E-state index < -0.39 is 0 Å². The van der Waals surface area contributed by atoms with Gasteiger partial charge >= 0.3 is 0 Å². The van der Waals surface area contributed by atoms with Gasteiger partial charge in [0.25, 0.3) is 5.56 Å². The first-order valence-electron chi connectivity index (χ1n) is 5.47. The summed E-state index contributed by atoms with van der Waals surface area (Å²) in [4.78, 5) is 15.8. The molecule has 84 valence electrons. The van der Waals surface area contributed by atoms with E-state index in [0.717, 1.165) is 0 Å². The molecule has 0 aliphatic heterocycles. The second-order valence-corrected chi connectivity index (χ2v) is 4.62. The summed E-state index contributed by atoms with van der Waals surface area (Å²) in [6.45, 7) is 3.98. The lowest BCUT2D eigenvalue weighted by Crippen LogP contribution is -2.21. The van der Waals surface area contributed by atoms with E-state index in [0.29, 0.717) is 11.6 Å². The van der Waals surface area contributed by atoms with Gasteiger partial charge in [0.15, 0.2) is 0 Å². The zero-order valence-corrected chi connectivity index (χ0v) is 10.3. The lowest BCUT2D eigenvalue weighted by Gasteiger charge is -2.12. The summed E-state index contributed by atoms with van der Waals surface area (Å²) in [6.07, 6.45) is 4.36. The molecule has 2 rings (SSSR count). The van der Waals surface area contributed by atoms with Gasteiger partial charge in [0.1, 0.15) is 5.69 Å². The summed E-state index contributed by atoms with van der Waals surface area (Å²) in [6, 6.07) is 1.99. The minimum atomic E-state index is -0.0863. The lowest BCUT2D eigenvalue weighted by molar-refractivity contribution is 0.575. The van der Waals surface area contributed by atoms with Crippen molar-refractivity contribution in [1.82, 2.24) is 4.57 Å². The van der Waals surface area contributed by atoms with Crippen molar-refractivity contribution in [3.8, 4) is 0 Å². The van der Waals surface area contributed by atoms with E-state index in [2.05, 4.69) is 22.4 Å². The van der Waals surface area contributed by atoms with E-state index in [9.17, 15) is 4.79 Å². The number of pyridine rings is 1. The van der Waals surface area contributed by atoms with Crippen molar-refractivity contribution in [2.75, 3.05) is 0 Å². The van der Waals surface area contributed by atoms with Gasteiger partial charge in [-0.15, -0.1) is 0 Å². The number of rotatable bonds is 3. The zero-order chi connectivity index (χ0) is 11.7. The third-order valence-electron chi connectivity index (χ3n) is 2.82. The summed E-state index contributed by atoms with van der Waals surface area (Å²) in [5, 5.41) is 2.27. The first-order chi connectivity index (χ1) is 7.63. The van der Waals surface area contributed by atoms with E-state index in [1.165, 1.54) is 18.4 Å². The summed E-state index contributed by atoms with van der Waals surface area (Å²) >= 11 is 4.56. The first kappa shape index (κ1) is 11.2. The van der Waals surface area contributed by atoms with Crippen LogP contribution in [0.2, 0.25) is 0 Å². The van der Waals surface area contributed by atoms with Crippen LogP contribution < -0.4 is 5.56 Å². The minimum Gasteiger partial charge on any atom is -0.311 e. The second-order valence-electron chi connectivity index (χ2n) is 4.44. The number of isothiocyanates is 1. The van der Waals surface area contributed by atoms with Gasteiger partial charge in [0.05, 0.1) is 5.16 Å². The molecule has 1 aliphatic rings. The van der Waals surface area contributed by atoms with Crippen molar-refractivity contribution in [3.05, 3.63) is 28.2 Å². The Balaban J connectivity index is 2.59. The highest BCUT2D eigenvalue weighted by molar-refractivity contribution is 7.78. The molecule has 0 aromatic carbocycles. The van der Waals surface area contributed by atoms with Crippen molar-refractivity contribution in [2.45, 2.75) is 38.6 Å². The molecule has 0 N–H and O–H groups in total. The van der Waals surface area contributed by atoms with Crippen LogP contribution in [0.3, 0.4) is 0 Å². The van der Waals surface area contributed by atoms with Gasteiger partial charge in [-0.2, -0.15) is 4.99 Å². The molecular weight excluding hydrogens is 220 g/mol. The van der Waals surface area contributed by atoms with Crippen LogP contribution in [0.15, 0.2) is 22.1 Å². The van der Waals surface area contributed by atoms with Crippen molar-refractivity contribution in [2.24, 2.45) is 4.99 Å². The van der Waals surface area contributed by atoms with Gasteiger partial charge in [-0.3, -0.25) is 4.79 Å². The fourth-order valence-electron chi connectivity index (χ4n) is 1.76. The summed E-state index contributed by atoms with van der Waals surface area (Å²) in [7, 11) is 0. The van der Waals surface area contributed by atoms with Gasteiger partial charge in [-0.05, 0) is 56.5 Å². The Bertz CT molecular complexity index is 508. The van der Waals surface area contributed by atoms with E-state index in [1.807, 2.05) is 26.1 Å². The van der Waals surface area contributed by atoms with Crippen molar-refractivity contribution in [1.29, 1.82) is 0 Å². The van der Waals surface area contributed by atoms with Gasteiger partial charge < -0.3 is 4.57 Å². The molecule has 0 saturated heterocycles. The van der Waals surface area contributed by atoms with Crippen molar-refractivity contribution in [3.63, 3.8) is 0 Å². The monoisotopic (exact) mass is 234 g/mol. The highest BCUT2D eigenvalue weighted by atomic mass is 32.1. The highest BCUT2D eigenvalue weighted by Crippen LogP contribution is 2.40. The minimum absolute atomic E-state index is 0.0863. The Morgan fingerprint density at radius 3 is 2.75 bits per heavy atom. The fraction of sp³-hybridized carbons (Fsp3) is 0.500. The van der Waals surface area contributed by atoms with Crippen molar-refractivity contribution >= 4 is 23.1 Å².